The van der Waals surface area contributed by atoms with Gasteiger partial charge >= 0.3 is 0 Å². The van der Waals surface area contributed by atoms with Crippen molar-refractivity contribution in [3.8, 4) is 0 Å². The number of carbonyl (C=O) groups is 4. The van der Waals surface area contributed by atoms with E-state index >= 15 is 0 Å². The van der Waals surface area contributed by atoms with Crippen LogP contribution in [0.1, 0.15) is 41.4 Å². The predicted octanol–water partition coefficient (Wildman–Crippen LogP) is 1.59. The van der Waals surface area contributed by atoms with Gasteiger partial charge in [0.25, 0.3) is 23.6 Å². The van der Waals surface area contributed by atoms with Gasteiger partial charge in [-0.1, -0.05) is 6.07 Å². The van der Waals surface area contributed by atoms with E-state index in [1.165, 1.54) is 30.5 Å². The molecule has 0 aliphatic carbocycles. The van der Waals surface area contributed by atoms with Crippen LogP contribution in [0.15, 0.2) is 48.7 Å². The van der Waals surface area contributed by atoms with Gasteiger partial charge in [0, 0.05) is 52.3 Å². The molecule has 29 heavy (non-hydrogen) atoms. The van der Waals surface area contributed by atoms with E-state index in [1.54, 1.807) is 18.2 Å². The summed E-state index contributed by atoms with van der Waals surface area (Å²) in [6, 6.07) is 11.0. The first-order valence-corrected chi connectivity index (χ1v) is 9.00. The number of nitrogens with zero attached hydrogens (tertiary/aromatic N) is 3. The molecule has 2 aliphatic heterocycles. The van der Waals surface area contributed by atoms with Crippen molar-refractivity contribution in [2.45, 2.75) is 0 Å². The topological polar surface area (TPSA) is 114 Å². The maximum Gasteiger partial charge on any atom is 0.267 e. The quantitative estimate of drug-likeness (QED) is 0.684. The van der Waals surface area contributed by atoms with E-state index in [-0.39, 0.29) is 41.2 Å². The highest BCUT2D eigenvalue weighted by atomic mass is 16.2. The lowest BCUT2D eigenvalue weighted by atomic mass is 9.86. The van der Waals surface area contributed by atoms with E-state index in [0.717, 1.165) is 9.80 Å². The van der Waals surface area contributed by atoms with Crippen LogP contribution in [-0.2, 0) is 0 Å². The zero-order valence-corrected chi connectivity index (χ0v) is 15.1. The van der Waals surface area contributed by atoms with Crippen LogP contribution in [-0.4, -0.2) is 46.6 Å². The summed E-state index contributed by atoms with van der Waals surface area (Å²) in [6.45, 7) is 0.232. The van der Waals surface area contributed by atoms with Crippen LogP contribution in [0, 0.1) is 0 Å². The number of pyridine rings is 1. The fraction of sp³-hybridized carbons (Fsp3) is 0.0952. The maximum absolute atomic E-state index is 13.1. The first-order chi connectivity index (χ1) is 14.0. The molecule has 0 saturated heterocycles. The molecule has 0 radical (unpaired) electrons. The highest BCUT2D eigenvalue weighted by Gasteiger charge is 2.40. The Hall–Kier alpha value is -3.91. The van der Waals surface area contributed by atoms with Crippen molar-refractivity contribution >= 4 is 40.2 Å². The standard InChI is InChI=1S/C21H14N4O4/c22-8-10-24-18(26)11-4-6-13-17-14(7-5-12(16(11)17)19(24)27)21(29)25(20(13)28)15-3-1-2-9-23-15/h1-7,9H,8,10,22H2. The summed E-state index contributed by atoms with van der Waals surface area (Å²) in [5, 5.41) is 0.668. The summed E-state index contributed by atoms with van der Waals surface area (Å²) in [6.07, 6.45) is 1.49. The first-order valence-electron chi connectivity index (χ1n) is 9.00. The smallest absolute Gasteiger partial charge is 0.267 e. The van der Waals surface area contributed by atoms with Gasteiger partial charge in [-0.05, 0) is 36.4 Å². The van der Waals surface area contributed by atoms with Gasteiger partial charge in [0.15, 0.2) is 0 Å². The zero-order valence-electron chi connectivity index (χ0n) is 15.1. The number of aromatic nitrogens is 1. The second-order valence-corrected chi connectivity index (χ2v) is 6.76. The van der Waals surface area contributed by atoms with Crippen molar-refractivity contribution in [1.82, 2.24) is 9.88 Å². The molecule has 2 aliphatic rings. The molecular formula is C21H14N4O4. The number of rotatable bonds is 3. The summed E-state index contributed by atoms with van der Waals surface area (Å²) in [5.74, 6) is -1.85. The fourth-order valence-electron chi connectivity index (χ4n) is 3.95. The molecule has 3 heterocycles. The highest BCUT2D eigenvalue weighted by Crippen LogP contribution is 2.38. The number of hydrogen-bond acceptors (Lipinski definition) is 6. The van der Waals surface area contributed by atoms with E-state index in [1.807, 2.05) is 0 Å². The molecular weight excluding hydrogens is 372 g/mol. The average molecular weight is 386 g/mol. The monoisotopic (exact) mass is 386 g/mol. The molecule has 8 heteroatoms. The molecule has 5 rings (SSSR count). The van der Waals surface area contributed by atoms with Crippen LogP contribution in [0.3, 0.4) is 0 Å². The maximum atomic E-state index is 13.1. The molecule has 1 aromatic heterocycles. The lowest BCUT2D eigenvalue weighted by molar-refractivity contribution is 0.0614. The van der Waals surface area contributed by atoms with Crippen molar-refractivity contribution in [2.24, 2.45) is 5.73 Å². The second kappa shape index (κ2) is 6.05. The number of amides is 4. The molecule has 0 saturated carbocycles. The molecule has 0 unspecified atom stereocenters. The number of hydrogen-bond donors (Lipinski definition) is 1. The van der Waals surface area contributed by atoms with Crippen LogP contribution in [0.4, 0.5) is 5.82 Å². The van der Waals surface area contributed by atoms with Crippen molar-refractivity contribution in [1.29, 1.82) is 0 Å². The molecule has 2 aromatic carbocycles. The summed E-state index contributed by atoms with van der Waals surface area (Å²) < 4.78 is 0. The van der Waals surface area contributed by atoms with Gasteiger partial charge in [0.05, 0.1) is 0 Å². The minimum atomic E-state index is -0.547. The van der Waals surface area contributed by atoms with Gasteiger partial charge in [-0.15, -0.1) is 0 Å². The Bertz CT molecular complexity index is 1180. The lowest BCUT2D eigenvalue weighted by Gasteiger charge is -2.31. The van der Waals surface area contributed by atoms with Gasteiger partial charge in [-0.25, -0.2) is 9.88 Å². The molecule has 2 N–H and O–H groups in total. The Morgan fingerprint density at radius 3 is 1.69 bits per heavy atom. The molecule has 0 spiro atoms. The Morgan fingerprint density at radius 2 is 1.24 bits per heavy atom. The van der Waals surface area contributed by atoms with Gasteiger partial charge in [-0.3, -0.25) is 24.1 Å². The third-order valence-electron chi connectivity index (χ3n) is 5.21. The van der Waals surface area contributed by atoms with Crippen molar-refractivity contribution in [2.75, 3.05) is 18.0 Å². The summed E-state index contributed by atoms with van der Waals surface area (Å²) in [7, 11) is 0. The van der Waals surface area contributed by atoms with Crippen molar-refractivity contribution < 1.29 is 19.2 Å². The van der Waals surface area contributed by atoms with Crippen molar-refractivity contribution in [3.63, 3.8) is 0 Å². The minimum absolute atomic E-state index is 0.0907. The van der Waals surface area contributed by atoms with Crippen LogP contribution in [0.25, 0.3) is 10.8 Å². The molecule has 4 amide bonds. The summed E-state index contributed by atoms with van der Waals surface area (Å²) in [5.41, 5.74) is 6.59. The Balaban J connectivity index is 1.78. The van der Waals surface area contributed by atoms with E-state index in [0.29, 0.717) is 10.8 Å². The fourth-order valence-corrected chi connectivity index (χ4v) is 3.95. The number of nitrogens with two attached hydrogens (primary N) is 1. The predicted molar refractivity (Wildman–Crippen MR) is 104 cm³/mol. The minimum Gasteiger partial charge on any atom is -0.329 e. The first kappa shape index (κ1) is 17.2. The lowest BCUT2D eigenvalue weighted by Crippen LogP contribution is -2.44. The van der Waals surface area contributed by atoms with Crippen LogP contribution in [0.2, 0.25) is 0 Å². The van der Waals surface area contributed by atoms with Gasteiger partial charge in [0.2, 0.25) is 0 Å². The number of imide groups is 2. The highest BCUT2D eigenvalue weighted by molar-refractivity contribution is 6.39. The molecule has 0 bridgehead atoms. The van der Waals surface area contributed by atoms with E-state index in [2.05, 4.69) is 4.98 Å². The second-order valence-electron chi connectivity index (χ2n) is 6.76. The number of benzene rings is 2. The van der Waals surface area contributed by atoms with E-state index in [4.69, 9.17) is 5.73 Å². The Morgan fingerprint density at radius 1 is 0.724 bits per heavy atom. The van der Waals surface area contributed by atoms with Crippen molar-refractivity contribution in [3.05, 3.63) is 70.9 Å². The average Bonchev–Trinajstić information content (AvgIpc) is 2.74. The SMILES string of the molecule is NCCN1C(=O)c2ccc3c4c(ccc(c24)C1=O)C(=O)N(c1ccccn1)C3=O. The zero-order chi connectivity index (χ0) is 20.3. The molecule has 142 valence electrons. The summed E-state index contributed by atoms with van der Waals surface area (Å²) in [4.78, 5) is 58.2. The van der Waals surface area contributed by atoms with E-state index in [9.17, 15) is 19.2 Å². The molecule has 0 fully saturated rings. The molecule has 0 atom stereocenters. The molecule has 3 aromatic rings. The Kier molecular flexibility index (Phi) is 3.59. The molecule has 8 nitrogen and oxygen atoms in total. The summed E-state index contributed by atoms with van der Waals surface area (Å²) >= 11 is 0. The van der Waals surface area contributed by atoms with Crippen LogP contribution in [0.5, 0.6) is 0 Å². The van der Waals surface area contributed by atoms with Gasteiger partial charge in [0.1, 0.15) is 5.82 Å². The van der Waals surface area contributed by atoms with Crippen LogP contribution >= 0.6 is 0 Å². The third kappa shape index (κ3) is 2.20. The largest absolute Gasteiger partial charge is 0.329 e. The van der Waals surface area contributed by atoms with Gasteiger partial charge < -0.3 is 5.73 Å². The normalized spacial score (nSPS) is 15.5. The third-order valence-corrected chi connectivity index (χ3v) is 5.21. The van der Waals surface area contributed by atoms with Gasteiger partial charge in [-0.2, -0.15) is 0 Å². The number of carbonyl (C=O) groups excluding carboxylic acids is 4. The number of anilines is 1. The van der Waals surface area contributed by atoms with E-state index < -0.39 is 23.6 Å². The Labute approximate surface area is 164 Å². The van der Waals surface area contributed by atoms with Crippen LogP contribution < -0.4 is 10.6 Å².